The van der Waals surface area contributed by atoms with Crippen LogP contribution in [0.1, 0.15) is 13.3 Å². The number of nitrogen functional groups attached to an aromatic ring is 1. The van der Waals surface area contributed by atoms with Crippen LogP contribution >= 0.6 is 0 Å². The van der Waals surface area contributed by atoms with Crippen molar-refractivity contribution in [2.75, 3.05) is 10.5 Å². The molecular weight excluding hydrogens is 256 g/mol. The summed E-state index contributed by atoms with van der Waals surface area (Å²) < 4.78 is 27.9. The molecule has 0 aromatic carbocycles. The Morgan fingerprint density at radius 2 is 2.33 bits per heavy atom. The molecule has 18 heavy (non-hydrogen) atoms. The molecule has 0 amide bonds. The number of nitrogens with zero attached hydrogens (tertiary/aromatic N) is 3. The molecule has 2 heterocycles. The number of aromatic amines is 1. The minimum Gasteiger partial charge on any atom is -0.381 e. The highest BCUT2D eigenvalue weighted by Gasteiger charge is 2.21. The van der Waals surface area contributed by atoms with Gasteiger partial charge in [-0.1, -0.05) is 6.92 Å². The summed E-state index contributed by atoms with van der Waals surface area (Å²) in [5, 5.41) is 3.94. The minimum atomic E-state index is -3.76. The Morgan fingerprint density at radius 1 is 1.56 bits per heavy atom. The van der Waals surface area contributed by atoms with Crippen LogP contribution in [-0.2, 0) is 16.6 Å². The fourth-order valence-electron chi connectivity index (χ4n) is 1.47. The molecule has 0 fully saturated rings. The second kappa shape index (κ2) is 4.69. The largest absolute Gasteiger partial charge is 0.381 e. The van der Waals surface area contributed by atoms with Crippen molar-refractivity contribution in [1.29, 1.82) is 0 Å². The van der Waals surface area contributed by atoms with Crippen LogP contribution in [0.2, 0.25) is 0 Å². The number of H-pyrrole nitrogens is 1. The Bertz CT molecular complexity index is 616. The van der Waals surface area contributed by atoms with Crippen LogP contribution in [0.4, 0.5) is 11.8 Å². The van der Waals surface area contributed by atoms with Crippen molar-refractivity contribution < 1.29 is 8.42 Å². The number of aromatic nitrogens is 4. The van der Waals surface area contributed by atoms with Gasteiger partial charge in [-0.3, -0.25) is 4.68 Å². The van der Waals surface area contributed by atoms with E-state index < -0.39 is 10.0 Å². The van der Waals surface area contributed by atoms with Gasteiger partial charge in [0, 0.05) is 25.1 Å². The Kier molecular flexibility index (Phi) is 3.24. The number of aryl methyl sites for hydroxylation is 1. The zero-order valence-corrected chi connectivity index (χ0v) is 10.6. The summed E-state index contributed by atoms with van der Waals surface area (Å²) in [7, 11) is -3.76. The van der Waals surface area contributed by atoms with Crippen molar-refractivity contribution in [2.24, 2.45) is 0 Å². The van der Waals surface area contributed by atoms with Gasteiger partial charge in [0.1, 0.15) is 4.90 Å². The molecule has 0 atom stereocenters. The molecule has 2 rings (SSSR count). The average molecular weight is 270 g/mol. The fourth-order valence-corrected chi connectivity index (χ4v) is 2.52. The molecule has 0 saturated heterocycles. The Hall–Kier alpha value is -2.03. The standard InChI is InChI=1S/C9H14N6O2S/c1-2-5-15-6-7(8(10)13-15)18(16,17)14-9-11-3-4-12-9/h3-4,6H,2,5H2,1H3,(H2,10,13)(H2,11,12,14). The monoisotopic (exact) mass is 270 g/mol. The lowest BCUT2D eigenvalue weighted by Crippen LogP contribution is -2.14. The summed E-state index contributed by atoms with van der Waals surface area (Å²) in [5.41, 5.74) is 5.61. The van der Waals surface area contributed by atoms with Gasteiger partial charge in [-0.2, -0.15) is 5.10 Å². The van der Waals surface area contributed by atoms with E-state index in [1.807, 2.05) is 6.92 Å². The van der Waals surface area contributed by atoms with Gasteiger partial charge in [0.05, 0.1) is 0 Å². The highest BCUT2D eigenvalue weighted by molar-refractivity contribution is 7.92. The summed E-state index contributed by atoms with van der Waals surface area (Å²) >= 11 is 0. The van der Waals surface area contributed by atoms with Gasteiger partial charge in [0.15, 0.2) is 5.82 Å². The normalized spacial score (nSPS) is 11.6. The smallest absolute Gasteiger partial charge is 0.269 e. The summed E-state index contributed by atoms with van der Waals surface area (Å²) in [4.78, 5) is 6.38. The molecule has 8 nitrogen and oxygen atoms in total. The number of anilines is 2. The Labute approximate surface area is 104 Å². The van der Waals surface area contributed by atoms with E-state index >= 15 is 0 Å². The van der Waals surface area contributed by atoms with Crippen molar-refractivity contribution in [3.05, 3.63) is 18.6 Å². The van der Waals surface area contributed by atoms with Crippen molar-refractivity contribution in [3.8, 4) is 0 Å². The maximum atomic E-state index is 12.0. The number of hydrogen-bond acceptors (Lipinski definition) is 5. The first-order chi connectivity index (χ1) is 8.53. The maximum absolute atomic E-state index is 12.0. The SMILES string of the molecule is CCCn1cc(S(=O)(=O)Nc2ncc[nH]2)c(N)n1. The molecule has 0 aliphatic rings. The van der Waals surface area contributed by atoms with Gasteiger partial charge in [-0.15, -0.1) is 0 Å². The van der Waals surface area contributed by atoms with E-state index in [1.54, 1.807) is 0 Å². The predicted molar refractivity (Wildman–Crippen MR) is 66.3 cm³/mol. The van der Waals surface area contributed by atoms with E-state index in [1.165, 1.54) is 23.3 Å². The minimum absolute atomic E-state index is 0.0255. The lowest BCUT2D eigenvalue weighted by atomic mass is 10.5. The lowest BCUT2D eigenvalue weighted by molar-refractivity contribution is 0.595. The van der Waals surface area contributed by atoms with Gasteiger partial charge >= 0.3 is 0 Å². The second-order valence-electron chi connectivity index (χ2n) is 3.68. The molecular formula is C9H14N6O2S. The number of nitrogens with one attached hydrogen (secondary N) is 2. The van der Waals surface area contributed by atoms with Crippen molar-refractivity contribution in [1.82, 2.24) is 19.7 Å². The van der Waals surface area contributed by atoms with E-state index in [9.17, 15) is 8.42 Å². The number of sulfonamides is 1. The molecule has 0 unspecified atom stereocenters. The molecule has 0 saturated carbocycles. The van der Waals surface area contributed by atoms with Crippen LogP contribution in [0.25, 0.3) is 0 Å². The number of hydrogen-bond donors (Lipinski definition) is 3. The summed E-state index contributed by atoms with van der Waals surface area (Å²) in [6.07, 6.45) is 5.21. The maximum Gasteiger partial charge on any atom is 0.269 e. The lowest BCUT2D eigenvalue weighted by Gasteiger charge is -2.02. The van der Waals surface area contributed by atoms with Crippen molar-refractivity contribution in [2.45, 2.75) is 24.8 Å². The molecule has 0 aliphatic carbocycles. The Morgan fingerprint density at radius 3 is 2.94 bits per heavy atom. The highest BCUT2D eigenvalue weighted by Crippen LogP contribution is 2.18. The molecule has 2 aromatic rings. The van der Waals surface area contributed by atoms with E-state index in [0.717, 1.165) is 6.42 Å². The fraction of sp³-hybridized carbons (Fsp3) is 0.333. The topological polar surface area (TPSA) is 119 Å². The molecule has 0 radical (unpaired) electrons. The van der Waals surface area contributed by atoms with Gasteiger partial charge in [-0.05, 0) is 6.42 Å². The first-order valence-corrected chi connectivity index (χ1v) is 6.86. The van der Waals surface area contributed by atoms with E-state index in [-0.39, 0.29) is 16.7 Å². The summed E-state index contributed by atoms with van der Waals surface area (Å²) in [6, 6.07) is 0. The van der Waals surface area contributed by atoms with Crippen LogP contribution in [0, 0.1) is 0 Å². The summed E-state index contributed by atoms with van der Waals surface area (Å²) in [6.45, 7) is 2.58. The van der Waals surface area contributed by atoms with Crippen molar-refractivity contribution in [3.63, 3.8) is 0 Å². The van der Waals surface area contributed by atoms with Crippen LogP contribution in [0.5, 0.6) is 0 Å². The Balaban J connectivity index is 2.29. The first-order valence-electron chi connectivity index (χ1n) is 5.38. The van der Waals surface area contributed by atoms with Gasteiger partial charge < -0.3 is 10.7 Å². The van der Waals surface area contributed by atoms with Crippen LogP contribution in [0.15, 0.2) is 23.5 Å². The van der Waals surface area contributed by atoms with E-state index in [0.29, 0.717) is 6.54 Å². The summed E-state index contributed by atoms with van der Waals surface area (Å²) in [5.74, 6) is 0.111. The third-order valence-electron chi connectivity index (χ3n) is 2.23. The van der Waals surface area contributed by atoms with Crippen LogP contribution in [0.3, 0.4) is 0 Å². The van der Waals surface area contributed by atoms with E-state index in [4.69, 9.17) is 5.73 Å². The first kappa shape index (κ1) is 12.4. The quantitative estimate of drug-likeness (QED) is 0.726. The third-order valence-corrected chi connectivity index (χ3v) is 3.58. The molecule has 2 aromatic heterocycles. The van der Waals surface area contributed by atoms with Crippen LogP contribution in [-0.4, -0.2) is 28.2 Å². The molecule has 98 valence electrons. The van der Waals surface area contributed by atoms with Gasteiger partial charge in [0.25, 0.3) is 10.0 Å². The highest BCUT2D eigenvalue weighted by atomic mass is 32.2. The molecule has 0 aliphatic heterocycles. The van der Waals surface area contributed by atoms with Crippen LogP contribution < -0.4 is 10.5 Å². The van der Waals surface area contributed by atoms with Gasteiger partial charge in [-0.25, -0.2) is 18.1 Å². The molecule has 0 spiro atoms. The predicted octanol–water partition coefficient (Wildman–Crippen LogP) is 0.399. The zero-order chi connectivity index (χ0) is 13.2. The third kappa shape index (κ3) is 2.45. The average Bonchev–Trinajstić information content (AvgIpc) is 2.88. The van der Waals surface area contributed by atoms with E-state index in [2.05, 4.69) is 19.8 Å². The molecule has 9 heteroatoms. The second-order valence-corrected chi connectivity index (χ2v) is 5.34. The number of imidazole rings is 1. The van der Waals surface area contributed by atoms with Gasteiger partial charge in [0.2, 0.25) is 5.95 Å². The zero-order valence-electron chi connectivity index (χ0n) is 9.79. The number of rotatable bonds is 5. The molecule has 0 bridgehead atoms. The van der Waals surface area contributed by atoms with Crippen molar-refractivity contribution >= 4 is 21.8 Å². The number of nitrogens with two attached hydrogens (primary N) is 1. The molecule has 4 N–H and O–H groups in total.